The molecule has 0 atom stereocenters. The first-order valence-electron chi connectivity index (χ1n) is 11.1. The van der Waals surface area contributed by atoms with E-state index >= 15 is 0 Å². The molecule has 1 saturated carbocycles. The Hall–Kier alpha value is -3.81. The van der Waals surface area contributed by atoms with Crippen molar-refractivity contribution in [2.75, 3.05) is 0 Å². The Kier molecular flexibility index (Phi) is 5.84. The van der Waals surface area contributed by atoms with Crippen molar-refractivity contribution in [1.82, 2.24) is 24.9 Å². The van der Waals surface area contributed by atoms with Crippen LogP contribution >= 0.6 is 0 Å². The number of aromatic nitrogens is 5. The number of aliphatic hydroxyl groups is 1. The van der Waals surface area contributed by atoms with Crippen molar-refractivity contribution in [3.63, 3.8) is 0 Å². The van der Waals surface area contributed by atoms with Crippen molar-refractivity contribution < 1.29 is 14.4 Å². The van der Waals surface area contributed by atoms with Gasteiger partial charge in [0.15, 0.2) is 5.88 Å². The van der Waals surface area contributed by atoms with Crippen LogP contribution in [0.1, 0.15) is 71.6 Å². The van der Waals surface area contributed by atoms with Crippen molar-refractivity contribution in [1.29, 1.82) is 0 Å². The van der Waals surface area contributed by atoms with Gasteiger partial charge in [-0.3, -0.25) is 9.36 Å². The van der Waals surface area contributed by atoms with Crippen LogP contribution in [0.2, 0.25) is 0 Å². The molecule has 0 spiro atoms. The van der Waals surface area contributed by atoms with Crippen molar-refractivity contribution in [3.05, 3.63) is 65.1 Å². The number of carbonyl (C=O) groups is 1. The van der Waals surface area contributed by atoms with Gasteiger partial charge in [0.1, 0.15) is 22.8 Å². The van der Waals surface area contributed by atoms with Gasteiger partial charge in [-0.05, 0) is 70.0 Å². The molecule has 0 saturated heterocycles. The summed E-state index contributed by atoms with van der Waals surface area (Å²) in [6, 6.07) is 7.08. The zero-order chi connectivity index (χ0) is 23.9. The molecule has 1 fully saturated rings. The van der Waals surface area contributed by atoms with E-state index < -0.39 is 0 Å². The quantitative estimate of drug-likeness (QED) is 0.318. The van der Waals surface area contributed by atoms with Gasteiger partial charge in [0, 0.05) is 11.5 Å². The summed E-state index contributed by atoms with van der Waals surface area (Å²) in [7, 11) is 0. The predicted octanol–water partition coefficient (Wildman–Crippen LogP) is 5.53. The SMILES string of the molecule is C=C(O)n1c(C2CC2)nc2c(C(=O)c3ccc(C)nn3)cc(-c3c(C)noc3C)cc21.CC. The summed E-state index contributed by atoms with van der Waals surface area (Å²) in [5.74, 6) is 1.17. The lowest BCUT2D eigenvalue weighted by molar-refractivity contribution is 0.103. The number of imidazole rings is 1. The molecule has 0 amide bonds. The molecule has 0 bridgehead atoms. The van der Waals surface area contributed by atoms with Gasteiger partial charge in [-0.25, -0.2) is 4.98 Å². The van der Waals surface area contributed by atoms with Gasteiger partial charge in [0.2, 0.25) is 5.78 Å². The minimum absolute atomic E-state index is 0.131. The Balaban J connectivity index is 0.00000126. The highest BCUT2D eigenvalue weighted by atomic mass is 16.5. The highest BCUT2D eigenvalue weighted by molar-refractivity contribution is 6.15. The van der Waals surface area contributed by atoms with Gasteiger partial charge in [0.05, 0.1) is 22.5 Å². The second-order valence-corrected chi connectivity index (χ2v) is 7.98. The van der Waals surface area contributed by atoms with Gasteiger partial charge in [0.25, 0.3) is 0 Å². The van der Waals surface area contributed by atoms with Crippen LogP contribution in [0.5, 0.6) is 0 Å². The molecule has 1 aromatic carbocycles. The molecule has 8 heteroatoms. The van der Waals surface area contributed by atoms with Crippen LogP contribution in [0.3, 0.4) is 0 Å². The van der Waals surface area contributed by atoms with E-state index in [4.69, 9.17) is 9.51 Å². The molecule has 4 aromatic rings. The van der Waals surface area contributed by atoms with Crippen molar-refractivity contribution >= 4 is 22.7 Å². The third-order valence-electron chi connectivity index (χ3n) is 5.58. The predicted molar refractivity (Wildman–Crippen MR) is 126 cm³/mol. The fourth-order valence-electron chi connectivity index (χ4n) is 3.95. The molecule has 33 heavy (non-hydrogen) atoms. The van der Waals surface area contributed by atoms with Crippen LogP contribution in [0.4, 0.5) is 0 Å². The van der Waals surface area contributed by atoms with E-state index in [1.807, 2.05) is 40.7 Å². The zero-order valence-electron chi connectivity index (χ0n) is 19.5. The minimum Gasteiger partial charge on any atom is -0.495 e. The summed E-state index contributed by atoms with van der Waals surface area (Å²) >= 11 is 0. The number of nitrogens with zero attached hydrogens (tertiary/aromatic N) is 5. The maximum atomic E-state index is 13.5. The van der Waals surface area contributed by atoms with E-state index in [9.17, 15) is 9.90 Å². The highest BCUT2D eigenvalue weighted by Gasteiger charge is 2.32. The number of aliphatic hydroxyl groups excluding tert-OH is 1. The average molecular weight is 446 g/mol. The molecule has 1 N–H and O–H groups in total. The van der Waals surface area contributed by atoms with Crippen LogP contribution in [0.25, 0.3) is 28.0 Å². The molecule has 3 heterocycles. The largest absolute Gasteiger partial charge is 0.495 e. The lowest BCUT2D eigenvalue weighted by Gasteiger charge is -2.09. The molecule has 0 aliphatic heterocycles. The van der Waals surface area contributed by atoms with Crippen molar-refractivity contribution in [3.8, 4) is 11.1 Å². The van der Waals surface area contributed by atoms with Crippen molar-refractivity contribution in [2.24, 2.45) is 0 Å². The fraction of sp³-hybridized carbons (Fsp3) is 0.320. The molecule has 8 nitrogen and oxygen atoms in total. The maximum absolute atomic E-state index is 13.5. The summed E-state index contributed by atoms with van der Waals surface area (Å²) < 4.78 is 6.98. The molecule has 170 valence electrons. The Morgan fingerprint density at radius 3 is 2.42 bits per heavy atom. The number of hydrogen-bond acceptors (Lipinski definition) is 7. The number of benzene rings is 1. The van der Waals surface area contributed by atoms with Crippen LogP contribution < -0.4 is 0 Å². The first-order chi connectivity index (χ1) is 15.8. The van der Waals surface area contributed by atoms with Gasteiger partial charge in [-0.2, -0.15) is 5.10 Å². The number of hydrogen-bond donors (Lipinski definition) is 1. The average Bonchev–Trinajstić information content (AvgIpc) is 3.50. The summed E-state index contributed by atoms with van der Waals surface area (Å²) in [5, 5.41) is 22.5. The summed E-state index contributed by atoms with van der Waals surface area (Å²) in [6.45, 7) is 13.2. The topological polar surface area (TPSA) is 107 Å². The standard InChI is InChI=1S/C23H21N5O3.C2H6/c1-11-5-8-18(26-25-11)22(30)17-9-16(20-12(2)27-31-13(20)3)10-19-21(17)24-23(15-6-7-15)28(19)14(4)29;1-2/h5,8-10,15,29H,4,6-7H2,1-3H3;1-2H3. The molecule has 3 aromatic heterocycles. The zero-order valence-corrected chi connectivity index (χ0v) is 19.5. The normalized spacial score (nSPS) is 13.0. The fourth-order valence-corrected chi connectivity index (χ4v) is 3.95. The van der Waals surface area contributed by atoms with Gasteiger partial charge in [-0.15, -0.1) is 5.10 Å². The molecular formula is C25H27N5O3. The molecule has 0 radical (unpaired) electrons. The number of aryl methyl sites for hydroxylation is 3. The van der Waals surface area contributed by atoms with Crippen molar-refractivity contribution in [2.45, 2.75) is 53.4 Å². The molecule has 0 unspecified atom stereocenters. The summed E-state index contributed by atoms with van der Waals surface area (Å²) in [4.78, 5) is 18.2. The summed E-state index contributed by atoms with van der Waals surface area (Å²) in [5.41, 5.74) is 4.70. The lowest BCUT2D eigenvalue weighted by Crippen LogP contribution is -2.07. The first-order valence-corrected chi connectivity index (χ1v) is 11.1. The Labute approximate surface area is 192 Å². The van der Waals surface area contributed by atoms with Crippen LogP contribution in [0, 0.1) is 20.8 Å². The maximum Gasteiger partial charge on any atom is 0.215 e. The minimum atomic E-state index is -0.290. The van der Waals surface area contributed by atoms with Gasteiger partial charge >= 0.3 is 0 Å². The van der Waals surface area contributed by atoms with E-state index in [2.05, 4.69) is 21.9 Å². The van der Waals surface area contributed by atoms with E-state index in [1.165, 1.54) is 0 Å². The van der Waals surface area contributed by atoms with E-state index in [-0.39, 0.29) is 23.3 Å². The molecule has 5 rings (SSSR count). The Bertz CT molecular complexity index is 1340. The first kappa shape index (κ1) is 22.4. The number of fused-ring (bicyclic) bond motifs is 1. The van der Waals surface area contributed by atoms with E-state index in [1.54, 1.807) is 22.8 Å². The van der Waals surface area contributed by atoms with Crippen LogP contribution in [0.15, 0.2) is 35.4 Å². The van der Waals surface area contributed by atoms with Crippen LogP contribution in [-0.4, -0.2) is 35.8 Å². The highest BCUT2D eigenvalue weighted by Crippen LogP contribution is 2.43. The van der Waals surface area contributed by atoms with E-state index in [0.29, 0.717) is 33.9 Å². The molecular weight excluding hydrogens is 418 g/mol. The molecule has 1 aliphatic carbocycles. The van der Waals surface area contributed by atoms with E-state index in [0.717, 1.165) is 29.7 Å². The monoisotopic (exact) mass is 445 g/mol. The number of carbonyl (C=O) groups excluding carboxylic acids is 1. The lowest BCUT2D eigenvalue weighted by atomic mass is 9.97. The Morgan fingerprint density at radius 1 is 1.15 bits per heavy atom. The van der Waals surface area contributed by atoms with Crippen LogP contribution in [-0.2, 0) is 0 Å². The smallest absolute Gasteiger partial charge is 0.215 e. The number of ketones is 1. The third-order valence-corrected chi connectivity index (χ3v) is 5.58. The third kappa shape index (κ3) is 3.92. The number of rotatable bonds is 5. The molecule has 1 aliphatic rings. The second-order valence-electron chi connectivity index (χ2n) is 7.98. The summed E-state index contributed by atoms with van der Waals surface area (Å²) in [6.07, 6.45) is 1.97. The van der Waals surface area contributed by atoms with Gasteiger partial charge < -0.3 is 9.63 Å². The second kappa shape index (κ2) is 8.61. The van der Waals surface area contributed by atoms with Gasteiger partial charge in [-0.1, -0.05) is 19.0 Å². The Morgan fingerprint density at radius 2 is 1.88 bits per heavy atom.